The van der Waals surface area contributed by atoms with Crippen molar-refractivity contribution in [2.45, 2.75) is 51.6 Å². The van der Waals surface area contributed by atoms with Crippen LogP contribution in [0, 0.1) is 0 Å². The molecule has 0 fully saturated rings. The predicted molar refractivity (Wildman–Crippen MR) is 78.0 cm³/mol. The Kier molecular flexibility index (Phi) is 7.33. The summed E-state index contributed by atoms with van der Waals surface area (Å²) in [5.74, 6) is 0. The van der Waals surface area contributed by atoms with Gasteiger partial charge in [-0.15, -0.1) is 0 Å². The molecule has 1 aromatic carbocycles. The van der Waals surface area contributed by atoms with Crippen LogP contribution in [-0.4, -0.2) is 17.8 Å². The molecule has 0 radical (unpaired) electrons. The summed E-state index contributed by atoms with van der Waals surface area (Å²) in [5, 5.41) is 13.3. The van der Waals surface area contributed by atoms with Gasteiger partial charge >= 0.3 is 0 Å². The molecule has 0 amide bonds. The van der Waals surface area contributed by atoms with Gasteiger partial charge in [-0.3, -0.25) is 0 Å². The molecule has 0 aliphatic rings. The van der Waals surface area contributed by atoms with E-state index < -0.39 is 0 Å². The summed E-state index contributed by atoms with van der Waals surface area (Å²) in [7, 11) is 0. The Hall–Kier alpha value is -0.570. The second-order valence-corrected chi connectivity index (χ2v) is 5.26. The largest absolute Gasteiger partial charge is 0.396 e. The molecule has 2 nitrogen and oxygen atoms in total. The zero-order valence-corrected chi connectivity index (χ0v) is 12.1. The summed E-state index contributed by atoms with van der Waals surface area (Å²) in [6.07, 6.45) is 4.12. The maximum atomic E-state index is 8.86. The molecule has 0 bridgehead atoms. The second kappa shape index (κ2) is 8.52. The van der Waals surface area contributed by atoms with Gasteiger partial charge in [-0.05, 0) is 43.9 Å². The third-order valence-corrected chi connectivity index (χ3v) is 3.38. The van der Waals surface area contributed by atoms with E-state index in [1.165, 1.54) is 5.56 Å². The predicted octanol–water partition coefficient (Wildman–Crippen LogP) is 3.93. The molecule has 102 valence electrons. The van der Waals surface area contributed by atoms with E-state index in [1.54, 1.807) is 0 Å². The van der Waals surface area contributed by atoms with Crippen LogP contribution in [0.1, 0.15) is 51.1 Å². The van der Waals surface area contributed by atoms with Crippen molar-refractivity contribution in [3.05, 3.63) is 34.9 Å². The molecule has 18 heavy (non-hydrogen) atoms. The third-order valence-electron chi connectivity index (χ3n) is 3.13. The molecule has 1 aromatic rings. The van der Waals surface area contributed by atoms with E-state index in [9.17, 15) is 0 Å². The topological polar surface area (TPSA) is 32.3 Å². The zero-order chi connectivity index (χ0) is 13.4. The van der Waals surface area contributed by atoms with Crippen molar-refractivity contribution < 1.29 is 5.11 Å². The van der Waals surface area contributed by atoms with Gasteiger partial charge in [0.25, 0.3) is 0 Å². The molecular formula is C15H24ClNO. The van der Waals surface area contributed by atoms with E-state index in [0.29, 0.717) is 12.1 Å². The quantitative estimate of drug-likeness (QED) is 0.749. The molecule has 2 atom stereocenters. The molecular weight excluding hydrogens is 246 g/mol. The highest BCUT2D eigenvalue weighted by Crippen LogP contribution is 2.21. The van der Waals surface area contributed by atoms with E-state index in [4.69, 9.17) is 16.7 Å². The minimum Gasteiger partial charge on any atom is -0.396 e. The zero-order valence-electron chi connectivity index (χ0n) is 11.3. The smallest absolute Gasteiger partial charge is 0.0431 e. The van der Waals surface area contributed by atoms with Crippen LogP contribution in [0.2, 0.25) is 5.02 Å². The average Bonchev–Trinajstić information content (AvgIpc) is 2.37. The summed E-state index contributed by atoms with van der Waals surface area (Å²) < 4.78 is 0. The summed E-state index contributed by atoms with van der Waals surface area (Å²) in [5.41, 5.74) is 1.29. The van der Waals surface area contributed by atoms with Crippen LogP contribution in [0.3, 0.4) is 0 Å². The van der Waals surface area contributed by atoms with Crippen molar-refractivity contribution in [2.24, 2.45) is 0 Å². The first-order chi connectivity index (χ1) is 8.67. The number of hydrogen-bond acceptors (Lipinski definition) is 2. The van der Waals surface area contributed by atoms with Gasteiger partial charge in [-0.2, -0.15) is 0 Å². The Morgan fingerprint density at radius 2 is 1.89 bits per heavy atom. The van der Waals surface area contributed by atoms with E-state index >= 15 is 0 Å². The summed E-state index contributed by atoms with van der Waals surface area (Å²) >= 11 is 5.92. The maximum absolute atomic E-state index is 8.86. The highest BCUT2D eigenvalue weighted by atomic mass is 35.5. The fourth-order valence-electron chi connectivity index (χ4n) is 2.15. The molecule has 1 rings (SSSR count). The Morgan fingerprint density at radius 3 is 2.44 bits per heavy atom. The number of rotatable bonds is 8. The Bertz CT molecular complexity index is 326. The molecule has 0 saturated carbocycles. The molecule has 0 heterocycles. The molecule has 0 aliphatic heterocycles. The van der Waals surface area contributed by atoms with Crippen LogP contribution in [0.5, 0.6) is 0 Å². The number of halogens is 1. The van der Waals surface area contributed by atoms with Crippen molar-refractivity contribution >= 4 is 11.6 Å². The number of benzene rings is 1. The van der Waals surface area contributed by atoms with Crippen LogP contribution in [-0.2, 0) is 0 Å². The lowest BCUT2D eigenvalue weighted by Crippen LogP contribution is -2.30. The fraction of sp³-hybridized carbons (Fsp3) is 0.600. The lowest BCUT2D eigenvalue weighted by Gasteiger charge is -2.23. The average molecular weight is 270 g/mol. The van der Waals surface area contributed by atoms with Gasteiger partial charge < -0.3 is 10.4 Å². The van der Waals surface area contributed by atoms with Crippen LogP contribution in [0.15, 0.2) is 24.3 Å². The Morgan fingerprint density at radius 1 is 1.22 bits per heavy atom. The summed E-state index contributed by atoms with van der Waals surface area (Å²) in [6, 6.07) is 8.87. The lowest BCUT2D eigenvalue weighted by molar-refractivity contribution is 0.272. The van der Waals surface area contributed by atoms with Gasteiger partial charge in [0, 0.05) is 23.7 Å². The minimum atomic E-state index is 0.269. The SMILES string of the molecule is CCCC(NC(C)CCCO)c1ccc(Cl)cc1. The van der Waals surface area contributed by atoms with E-state index in [0.717, 1.165) is 30.7 Å². The van der Waals surface area contributed by atoms with Crippen LogP contribution >= 0.6 is 11.6 Å². The van der Waals surface area contributed by atoms with Gasteiger partial charge in [-0.25, -0.2) is 0 Å². The fourth-order valence-corrected chi connectivity index (χ4v) is 2.28. The van der Waals surface area contributed by atoms with Crippen LogP contribution in [0.25, 0.3) is 0 Å². The van der Waals surface area contributed by atoms with E-state index in [1.807, 2.05) is 12.1 Å². The second-order valence-electron chi connectivity index (χ2n) is 4.83. The number of aliphatic hydroxyl groups is 1. The highest BCUT2D eigenvalue weighted by Gasteiger charge is 2.13. The van der Waals surface area contributed by atoms with Crippen molar-refractivity contribution in [3.8, 4) is 0 Å². The standard InChI is InChI=1S/C15H24ClNO/c1-3-5-15(17-12(2)6-4-11-18)13-7-9-14(16)10-8-13/h7-10,12,15,17-18H,3-6,11H2,1-2H3. The summed E-state index contributed by atoms with van der Waals surface area (Å²) in [4.78, 5) is 0. The first-order valence-corrected chi connectivity index (χ1v) is 7.17. The first kappa shape index (κ1) is 15.5. The number of nitrogens with one attached hydrogen (secondary N) is 1. The first-order valence-electron chi connectivity index (χ1n) is 6.79. The van der Waals surface area contributed by atoms with Gasteiger partial charge in [0.2, 0.25) is 0 Å². The van der Waals surface area contributed by atoms with Crippen molar-refractivity contribution in [2.75, 3.05) is 6.61 Å². The van der Waals surface area contributed by atoms with E-state index in [-0.39, 0.29) is 6.61 Å². The number of hydrogen-bond donors (Lipinski definition) is 2. The van der Waals surface area contributed by atoms with E-state index in [2.05, 4.69) is 31.3 Å². The molecule has 3 heteroatoms. The van der Waals surface area contributed by atoms with Crippen molar-refractivity contribution in [1.29, 1.82) is 0 Å². The molecule has 2 N–H and O–H groups in total. The maximum Gasteiger partial charge on any atom is 0.0431 e. The molecule has 0 aromatic heterocycles. The van der Waals surface area contributed by atoms with Crippen LogP contribution in [0.4, 0.5) is 0 Å². The molecule has 0 spiro atoms. The molecule has 0 aliphatic carbocycles. The Labute approximate surface area is 115 Å². The third kappa shape index (κ3) is 5.38. The molecule has 0 saturated heterocycles. The van der Waals surface area contributed by atoms with Gasteiger partial charge in [0.05, 0.1) is 0 Å². The Balaban J connectivity index is 2.61. The number of aliphatic hydroxyl groups excluding tert-OH is 1. The summed E-state index contributed by atoms with van der Waals surface area (Å²) in [6.45, 7) is 4.64. The van der Waals surface area contributed by atoms with Gasteiger partial charge in [0.15, 0.2) is 0 Å². The van der Waals surface area contributed by atoms with Crippen LogP contribution < -0.4 is 5.32 Å². The van der Waals surface area contributed by atoms with Crippen molar-refractivity contribution in [3.63, 3.8) is 0 Å². The van der Waals surface area contributed by atoms with Crippen molar-refractivity contribution in [1.82, 2.24) is 5.32 Å². The highest BCUT2D eigenvalue weighted by molar-refractivity contribution is 6.30. The van der Waals surface area contributed by atoms with Gasteiger partial charge in [-0.1, -0.05) is 37.1 Å². The van der Waals surface area contributed by atoms with Gasteiger partial charge in [0.1, 0.15) is 0 Å². The lowest BCUT2D eigenvalue weighted by atomic mass is 10.0. The minimum absolute atomic E-state index is 0.269. The molecule has 2 unspecified atom stereocenters. The monoisotopic (exact) mass is 269 g/mol. The normalized spacial score (nSPS) is 14.4.